The number of hydrogen-bond acceptors (Lipinski definition) is 7. The van der Waals surface area contributed by atoms with E-state index in [9.17, 15) is 19.8 Å². The molecule has 0 bridgehead atoms. The molecule has 5 rings (SSSR count). The molecule has 2 N–H and O–H groups in total. The Hall–Kier alpha value is -3.99. The number of fused-ring (bicyclic) bond motifs is 2. The Morgan fingerprint density at radius 1 is 1.20 bits per heavy atom. The number of aromatic nitrogens is 6. The molecule has 0 aromatic carbocycles. The largest absolute Gasteiger partial charge is 0.502 e. The molecule has 10 nitrogen and oxygen atoms in total. The molecular formula is C19H14N6O4S. The molecule has 0 amide bonds. The number of hydrogen-bond donors (Lipinski definition) is 2. The van der Waals surface area contributed by atoms with Crippen LogP contribution in [-0.4, -0.2) is 44.9 Å². The molecule has 0 aliphatic heterocycles. The van der Waals surface area contributed by atoms with Gasteiger partial charge in [-0.3, -0.25) is 19.0 Å². The molecule has 11 heteroatoms. The second-order valence-corrected chi connectivity index (χ2v) is 7.59. The van der Waals surface area contributed by atoms with Crippen LogP contribution in [-0.2, 0) is 13.1 Å². The Kier molecular flexibility index (Phi) is 4.10. The van der Waals surface area contributed by atoms with E-state index in [0.29, 0.717) is 16.8 Å². The number of imidazole rings is 1. The third-order valence-corrected chi connectivity index (χ3v) is 5.65. The lowest BCUT2D eigenvalue weighted by atomic mass is 10.2. The Labute approximate surface area is 171 Å². The van der Waals surface area contributed by atoms with Gasteiger partial charge in [-0.05, 0) is 11.4 Å². The SMILES string of the molecule is O=C(O)c1c(O)c(=O)n(Cc2cnn(Cc3cn4ccncc4n3)c2)c2ccsc12. The van der Waals surface area contributed by atoms with Crippen LogP contribution >= 0.6 is 11.3 Å². The van der Waals surface area contributed by atoms with Crippen molar-refractivity contribution in [1.82, 2.24) is 28.7 Å². The quantitative estimate of drug-likeness (QED) is 0.442. The minimum absolute atomic E-state index is 0.147. The number of carboxylic acids is 1. The lowest BCUT2D eigenvalue weighted by molar-refractivity contribution is 0.0695. The molecule has 0 aliphatic carbocycles. The summed E-state index contributed by atoms with van der Waals surface area (Å²) in [6.07, 6.45) is 10.5. The Balaban J connectivity index is 1.47. The molecule has 5 heterocycles. The zero-order valence-corrected chi connectivity index (χ0v) is 16.2. The van der Waals surface area contributed by atoms with Crippen molar-refractivity contribution >= 4 is 33.2 Å². The number of carbonyl (C=O) groups is 1. The van der Waals surface area contributed by atoms with Crippen LogP contribution in [0, 0.1) is 0 Å². The average Bonchev–Trinajstić information content (AvgIpc) is 3.44. The first-order valence-corrected chi connectivity index (χ1v) is 9.74. The Morgan fingerprint density at radius 2 is 2.07 bits per heavy atom. The van der Waals surface area contributed by atoms with Gasteiger partial charge in [-0.2, -0.15) is 5.10 Å². The first kappa shape index (κ1) is 18.1. The summed E-state index contributed by atoms with van der Waals surface area (Å²) in [6.45, 7) is 0.586. The van der Waals surface area contributed by atoms with Crippen LogP contribution in [0.3, 0.4) is 0 Å². The lowest BCUT2D eigenvalue weighted by Crippen LogP contribution is -2.22. The number of rotatable bonds is 5. The highest BCUT2D eigenvalue weighted by Gasteiger charge is 2.22. The molecule has 30 heavy (non-hydrogen) atoms. The van der Waals surface area contributed by atoms with Gasteiger partial charge in [-0.1, -0.05) is 0 Å². The normalized spacial score (nSPS) is 11.5. The molecule has 5 aromatic rings. The van der Waals surface area contributed by atoms with E-state index in [1.54, 1.807) is 40.9 Å². The molecule has 0 fully saturated rings. The van der Waals surface area contributed by atoms with Crippen LogP contribution in [0.2, 0.25) is 0 Å². The third-order valence-electron chi connectivity index (χ3n) is 4.73. The molecule has 0 saturated heterocycles. The van der Waals surface area contributed by atoms with Gasteiger partial charge >= 0.3 is 5.97 Å². The number of carboxylic acid groups (broad SMARTS) is 1. The summed E-state index contributed by atoms with van der Waals surface area (Å²) in [4.78, 5) is 32.6. The minimum Gasteiger partial charge on any atom is -0.502 e. The van der Waals surface area contributed by atoms with Crippen molar-refractivity contribution in [2.24, 2.45) is 0 Å². The van der Waals surface area contributed by atoms with Crippen LogP contribution in [0.4, 0.5) is 0 Å². The summed E-state index contributed by atoms with van der Waals surface area (Å²) in [5, 5.41) is 25.5. The summed E-state index contributed by atoms with van der Waals surface area (Å²) in [5.74, 6) is -2.09. The van der Waals surface area contributed by atoms with Gasteiger partial charge in [0.1, 0.15) is 5.56 Å². The van der Waals surface area contributed by atoms with Crippen molar-refractivity contribution < 1.29 is 15.0 Å². The smallest absolute Gasteiger partial charge is 0.341 e. The van der Waals surface area contributed by atoms with Gasteiger partial charge in [0, 0.05) is 30.4 Å². The van der Waals surface area contributed by atoms with Crippen molar-refractivity contribution in [1.29, 1.82) is 0 Å². The monoisotopic (exact) mass is 422 g/mol. The summed E-state index contributed by atoms with van der Waals surface area (Å²) in [7, 11) is 0. The molecule has 0 saturated carbocycles. The number of thiophene rings is 1. The first-order chi connectivity index (χ1) is 14.5. The van der Waals surface area contributed by atoms with Gasteiger partial charge in [-0.25, -0.2) is 9.78 Å². The number of aromatic carboxylic acids is 1. The standard InChI is InChI=1S/C19H14N6O4S/c26-16-15(19(28)29)17-13(1-4-30-17)25(18(16)27)8-11-5-21-24(7-11)10-12-9-23-3-2-20-6-14(23)22-12/h1-7,9,26H,8,10H2,(H,28,29). The van der Waals surface area contributed by atoms with Crippen LogP contribution in [0.5, 0.6) is 5.75 Å². The average molecular weight is 422 g/mol. The van der Waals surface area contributed by atoms with Crippen molar-refractivity contribution in [2.75, 3.05) is 0 Å². The minimum atomic E-state index is -1.33. The van der Waals surface area contributed by atoms with Crippen LogP contribution < -0.4 is 5.56 Å². The van der Waals surface area contributed by atoms with Gasteiger partial charge in [0.25, 0.3) is 5.56 Å². The maximum absolute atomic E-state index is 12.6. The van der Waals surface area contributed by atoms with E-state index in [1.807, 2.05) is 16.8 Å². The number of nitrogens with zero attached hydrogens (tertiary/aromatic N) is 6. The maximum Gasteiger partial charge on any atom is 0.341 e. The van der Waals surface area contributed by atoms with E-state index < -0.39 is 17.3 Å². The predicted molar refractivity (Wildman–Crippen MR) is 108 cm³/mol. The van der Waals surface area contributed by atoms with E-state index in [0.717, 1.165) is 28.2 Å². The first-order valence-electron chi connectivity index (χ1n) is 8.86. The topological polar surface area (TPSA) is 128 Å². The summed E-state index contributed by atoms with van der Waals surface area (Å²) >= 11 is 1.16. The summed E-state index contributed by atoms with van der Waals surface area (Å²) in [6, 6.07) is 1.67. The zero-order chi connectivity index (χ0) is 20.8. The van der Waals surface area contributed by atoms with Gasteiger partial charge in [0.2, 0.25) is 0 Å². The third kappa shape index (κ3) is 2.92. The fraction of sp³-hybridized carbons (Fsp3) is 0.105. The highest BCUT2D eigenvalue weighted by atomic mass is 32.1. The summed E-state index contributed by atoms with van der Waals surface area (Å²) < 4.78 is 5.27. The fourth-order valence-electron chi connectivity index (χ4n) is 3.40. The van der Waals surface area contributed by atoms with Crippen LogP contribution in [0.15, 0.2) is 53.4 Å². The second kappa shape index (κ2) is 6.81. The van der Waals surface area contributed by atoms with Crippen LogP contribution in [0.1, 0.15) is 21.6 Å². The summed E-state index contributed by atoms with van der Waals surface area (Å²) in [5.41, 5.74) is 1.62. The van der Waals surface area contributed by atoms with Gasteiger partial charge in [0.15, 0.2) is 11.4 Å². The highest BCUT2D eigenvalue weighted by Crippen LogP contribution is 2.29. The van der Waals surface area contributed by atoms with Crippen LogP contribution in [0.25, 0.3) is 15.9 Å². The number of pyridine rings is 1. The fourth-order valence-corrected chi connectivity index (χ4v) is 4.34. The molecule has 0 radical (unpaired) electrons. The van der Waals surface area contributed by atoms with Crippen molar-refractivity contribution in [2.45, 2.75) is 13.1 Å². The molecule has 0 spiro atoms. The molecular weight excluding hydrogens is 408 g/mol. The molecule has 0 atom stereocenters. The van der Waals surface area contributed by atoms with E-state index >= 15 is 0 Å². The van der Waals surface area contributed by atoms with Crippen molar-refractivity contribution in [3.05, 3.63) is 75.8 Å². The highest BCUT2D eigenvalue weighted by molar-refractivity contribution is 7.17. The predicted octanol–water partition coefficient (Wildman–Crippen LogP) is 1.80. The second-order valence-electron chi connectivity index (χ2n) is 6.68. The lowest BCUT2D eigenvalue weighted by Gasteiger charge is -2.09. The van der Waals surface area contributed by atoms with Gasteiger partial charge < -0.3 is 14.6 Å². The number of aromatic hydroxyl groups is 1. The molecule has 0 unspecified atom stereocenters. The molecule has 0 aliphatic rings. The zero-order valence-electron chi connectivity index (χ0n) is 15.3. The Bertz CT molecular complexity index is 1440. The maximum atomic E-state index is 12.6. The van der Waals surface area contributed by atoms with E-state index in [2.05, 4.69) is 15.1 Å². The molecule has 5 aromatic heterocycles. The van der Waals surface area contributed by atoms with Gasteiger partial charge in [0.05, 0.1) is 41.4 Å². The van der Waals surface area contributed by atoms with Gasteiger partial charge in [-0.15, -0.1) is 11.3 Å². The van der Waals surface area contributed by atoms with E-state index in [1.165, 1.54) is 4.57 Å². The van der Waals surface area contributed by atoms with Crippen molar-refractivity contribution in [3.8, 4) is 5.75 Å². The molecule has 150 valence electrons. The Morgan fingerprint density at radius 3 is 2.87 bits per heavy atom. The van der Waals surface area contributed by atoms with Crippen molar-refractivity contribution in [3.63, 3.8) is 0 Å². The van der Waals surface area contributed by atoms with E-state index in [4.69, 9.17) is 0 Å². The van der Waals surface area contributed by atoms with E-state index in [-0.39, 0.29) is 12.1 Å².